The Kier molecular flexibility index (Phi) is 5.62. The summed E-state index contributed by atoms with van der Waals surface area (Å²) in [5.74, 6) is -0.450. The van der Waals surface area contributed by atoms with Crippen LogP contribution < -0.4 is 15.5 Å². The van der Waals surface area contributed by atoms with Gasteiger partial charge in [-0.25, -0.2) is 0 Å². The van der Waals surface area contributed by atoms with Crippen LogP contribution in [0.2, 0.25) is 0 Å². The van der Waals surface area contributed by atoms with E-state index >= 15 is 0 Å². The highest BCUT2D eigenvalue weighted by Crippen LogP contribution is 2.35. The number of aromatic nitrogens is 1. The minimum absolute atomic E-state index is 0.00110. The van der Waals surface area contributed by atoms with Crippen LogP contribution in [0.15, 0.2) is 42.5 Å². The van der Waals surface area contributed by atoms with Crippen molar-refractivity contribution in [3.05, 3.63) is 59.2 Å². The third kappa shape index (κ3) is 4.58. The third-order valence-electron chi connectivity index (χ3n) is 3.88. The van der Waals surface area contributed by atoms with Gasteiger partial charge in [0.2, 0.25) is 5.88 Å². The highest BCUT2D eigenvalue weighted by Gasteiger charge is 2.30. The molecule has 0 saturated carbocycles. The highest BCUT2D eigenvalue weighted by molar-refractivity contribution is 7.11. The summed E-state index contributed by atoms with van der Waals surface area (Å²) in [5.41, 5.74) is 2.13. The fraction of sp³-hybridized carbons (Fsp3) is 0.111. The first kappa shape index (κ1) is 20.4. The molecule has 0 aliphatic carbocycles. The molecule has 7 nitrogen and oxygen atoms in total. The van der Waals surface area contributed by atoms with Gasteiger partial charge in [-0.05, 0) is 60.4 Å². The van der Waals surface area contributed by atoms with Gasteiger partial charge in [0, 0.05) is 5.69 Å². The van der Waals surface area contributed by atoms with E-state index in [0.717, 1.165) is 23.7 Å². The van der Waals surface area contributed by atoms with E-state index in [4.69, 9.17) is 15.4 Å². The number of amidine groups is 1. The zero-order valence-corrected chi connectivity index (χ0v) is 15.6. The molecule has 0 aliphatic rings. The van der Waals surface area contributed by atoms with Crippen LogP contribution in [-0.4, -0.2) is 20.5 Å². The van der Waals surface area contributed by atoms with Crippen LogP contribution in [0.1, 0.15) is 16.7 Å². The van der Waals surface area contributed by atoms with Crippen molar-refractivity contribution >= 4 is 28.1 Å². The largest absolute Gasteiger partial charge is 0.492 e. The van der Waals surface area contributed by atoms with Gasteiger partial charge in [-0.1, -0.05) is 6.07 Å². The summed E-state index contributed by atoms with van der Waals surface area (Å²) in [4.78, 5) is 0. The quantitative estimate of drug-likeness (QED) is 0.224. The molecule has 0 bridgehead atoms. The zero-order valence-electron chi connectivity index (χ0n) is 14.8. The van der Waals surface area contributed by atoms with Gasteiger partial charge < -0.3 is 15.2 Å². The lowest BCUT2D eigenvalue weighted by Gasteiger charge is -2.13. The van der Waals surface area contributed by atoms with Gasteiger partial charge in [-0.2, -0.15) is 17.5 Å². The average molecular weight is 424 g/mol. The number of ether oxygens (including phenoxy) is 1. The summed E-state index contributed by atoms with van der Waals surface area (Å²) >= 11 is 0.893. The Labute approximate surface area is 167 Å². The highest BCUT2D eigenvalue weighted by atomic mass is 32.1. The van der Waals surface area contributed by atoms with Crippen molar-refractivity contribution in [3.8, 4) is 17.4 Å². The van der Waals surface area contributed by atoms with Gasteiger partial charge in [0.25, 0.3) is 0 Å². The Hall–Kier alpha value is -3.31. The number of nitrogens with one attached hydrogen (secondary N) is 3. The smallest absolute Gasteiger partial charge is 0.416 e. The number of aromatic hydroxyl groups is 1. The van der Waals surface area contributed by atoms with Crippen molar-refractivity contribution in [3.63, 3.8) is 0 Å². The van der Waals surface area contributed by atoms with E-state index in [1.165, 1.54) is 12.1 Å². The molecule has 2 aromatic carbocycles. The molecule has 0 amide bonds. The van der Waals surface area contributed by atoms with Crippen molar-refractivity contribution in [2.75, 3.05) is 5.32 Å². The molecule has 0 radical (unpaired) electrons. The molecule has 0 unspecified atom stereocenters. The van der Waals surface area contributed by atoms with E-state index in [2.05, 4.69) is 9.69 Å². The normalized spacial score (nSPS) is 11.2. The molecule has 3 rings (SSSR count). The molecule has 152 valence electrons. The molecule has 5 N–H and O–H groups in total. The van der Waals surface area contributed by atoms with Crippen LogP contribution >= 0.6 is 11.5 Å². The first-order valence-electron chi connectivity index (χ1n) is 8.09. The van der Waals surface area contributed by atoms with Crippen LogP contribution in [-0.2, 0) is 6.18 Å². The number of nitrogens with zero attached hydrogens (tertiary/aromatic N) is 1. The lowest BCUT2D eigenvalue weighted by atomic mass is 10.1. The Bertz CT molecular complexity index is 1050. The van der Waals surface area contributed by atoms with Gasteiger partial charge in [-0.3, -0.25) is 16.1 Å². The van der Waals surface area contributed by atoms with E-state index in [-0.39, 0.29) is 11.3 Å². The van der Waals surface area contributed by atoms with Gasteiger partial charge in [0.15, 0.2) is 5.84 Å². The summed E-state index contributed by atoms with van der Waals surface area (Å²) in [6.07, 6.45) is -4.46. The average Bonchev–Trinajstić information content (AvgIpc) is 3.03. The number of rotatable bonds is 5. The minimum atomic E-state index is -4.46. The molecule has 29 heavy (non-hydrogen) atoms. The van der Waals surface area contributed by atoms with E-state index < -0.39 is 23.5 Å². The van der Waals surface area contributed by atoms with Crippen LogP contribution in [0.4, 0.5) is 23.9 Å². The lowest BCUT2D eigenvalue weighted by molar-refractivity contribution is -0.137. The maximum Gasteiger partial charge on any atom is 0.416 e. The zero-order chi connectivity index (χ0) is 21.2. The molecule has 1 aromatic heterocycles. The predicted octanol–water partition coefficient (Wildman–Crippen LogP) is 5.02. The SMILES string of the molecule is Cc1cc(Oc2cccc(C(F)(F)F)c2)ccc1Nc1snc(O)c1C(=N)NO. The van der Waals surface area contributed by atoms with Crippen molar-refractivity contribution in [2.24, 2.45) is 0 Å². The van der Waals surface area contributed by atoms with Crippen molar-refractivity contribution in [1.82, 2.24) is 9.85 Å². The van der Waals surface area contributed by atoms with Crippen LogP contribution in [0.25, 0.3) is 0 Å². The van der Waals surface area contributed by atoms with Crippen molar-refractivity contribution in [2.45, 2.75) is 13.1 Å². The third-order valence-corrected chi connectivity index (χ3v) is 4.63. The van der Waals surface area contributed by atoms with Crippen LogP contribution in [0.3, 0.4) is 0 Å². The lowest BCUT2D eigenvalue weighted by Crippen LogP contribution is -2.19. The summed E-state index contributed by atoms with van der Waals surface area (Å²) < 4.78 is 47.7. The topological polar surface area (TPSA) is 110 Å². The summed E-state index contributed by atoms with van der Waals surface area (Å²) in [5, 5.41) is 29.6. The molecular formula is C18H15F3N4O3S. The monoisotopic (exact) mass is 424 g/mol. The van der Waals surface area contributed by atoms with E-state index in [9.17, 15) is 18.3 Å². The Morgan fingerprint density at radius 3 is 2.55 bits per heavy atom. The van der Waals surface area contributed by atoms with Crippen molar-refractivity contribution in [1.29, 1.82) is 5.41 Å². The summed E-state index contributed by atoms with van der Waals surface area (Å²) in [6, 6.07) is 9.40. The molecule has 0 atom stereocenters. The van der Waals surface area contributed by atoms with Gasteiger partial charge in [0.05, 0.1) is 5.56 Å². The number of aryl methyl sites for hydroxylation is 1. The second-order valence-corrected chi connectivity index (χ2v) is 6.70. The Balaban J connectivity index is 1.81. The maximum absolute atomic E-state index is 12.8. The first-order valence-corrected chi connectivity index (χ1v) is 8.87. The minimum Gasteiger partial charge on any atom is -0.492 e. The second kappa shape index (κ2) is 7.97. The first-order chi connectivity index (χ1) is 13.7. The predicted molar refractivity (Wildman–Crippen MR) is 102 cm³/mol. The molecule has 0 fully saturated rings. The van der Waals surface area contributed by atoms with Gasteiger partial charge in [-0.15, -0.1) is 0 Å². The molecule has 11 heteroatoms. The second-order valence-electron chi connectivity index (χ2n) is 5.93. The molecule has 0 aliphatic heterocycles. The molecular weight excluding hydrogens is 409 g/mol. The number of anilines is 2. The van der Waals surface area contributed by atoms with E-state index in [1.54, 1.807) is 30.6 Å². The number of hydrogen-bond acceptors (Lipinski definition) is 7. The fourth-order valence-corrected chi connectivity index (χ4v) is 3.19. The van der Waals surface area contributed by atoms with Crippen LogP contribution in [0, 0.1) is 12.3 Å². The number of halogens is 3. The number of hydrogen-bond donors (Lipinski definition) is 5. The fourth-order valence-electron chi connectivity index (χ4n) is 2.48. The van der Waals surface area contributed by atoms with E-state index in [1.807, 2.05) is 0 Å². The maximum atomic E-state index is 12.8. The summed E-state index contributed by atoms with van der Waals surface area (Å²) in [6.45, 7) is 1.75. The van der Waals surface area contributed by atoms with E-state index in [0.29, 0.717) is 22.0 Å². The molecule has 1 heterocycles. The van der Waals surface area contributed by atoms with Gasteiger partial charge >= 0.3 is 6.18 Å². The number of benzene rings is 2. The Morgan fingerprint density at radius 1 is 1.17 bits per heavy atom. The number of alkyl halides is 3. The standard InChI is InChI=1S/C18H15F3N4O3S/c1-9-7-12(28-11-4-2-3-10(8-11)18(19,20)21)5-6-13(9)23-17-14(15(22)24-27)16(26)25-29-17/h2-8,23,27H,1H3,(H2,22,24)(H,25,26). The molecule has 0 spiro atoms. The summed E-state index contributed by atoms with van der Waals surface area (Å²) in [7, 11) is 0. The molecule has 0 saturated heterocycles. The number of hydroxylamine groups is 1. The Morgan fingerprint density at radius 2 is 1.90 bits per heavy atom. The molecule has 3 aromatic rings. The van der Waals surface area contributed by atoms with Crippen LogP contribution in [0.5, 0.6) is 17.4 Å². The van der Waals surface area contributed by atoms with Gasteiger partial charge in [0.1, 0.15) is 22.1 Å². The van der Waals surface area contributed by atoms with Crippen molar-refractivity contribution < 1.29 is 28.2 Å².